The third kappa shape index (κ3) is 7.28. The maximum Gasteiger partial charge on any atom is 0.254 e. The van der Waals surface area contributed by atoms with Crippen molar-refractivity contribution in [2.24, 2.45) is 0 Å². The summed E-state index contributed by atoms with van der Waals surface area (Å²) in [5, 5.41) is 17.0. The highest BCUT2D eigenvalue weighted by Crippen LogP contribution is 2.40. The first kappa shape index (κ1) is 30.6. The Bertz CT molecular complexity index is 1420. The van der Waals surface area contributed by atoms with Gasteiger partial charge in [-0.2, -0.15) is 0 Å². The van der Waals surface area contributed by atoms with Crippen molar-refractivity contribution in [1.29, 1.82) is 0 Å². The lowest BCUT2D eigenvalue weighted by Gasteiger charge is -2.33. The average molecular weight is 598 g/mol. The minimum absolute atomic E-state index is 0.0112. The molecule has 0 aliphatic carbocycles. The molecule has 216 valence electrons. The van der Waals surface area contributed by atoms with Gasteiger partial charge in [0.05, 0.1) is 22.5 Å². The molecule has 0 aromatic heterocycles. The van der Waals surface area contributed by atoms with Crippen molar-refractivity contribution in [2.75, 3.05) is 5.88 Å². The number of hydrogen-bond acceptors (Lipinski definition) is 5. The minimum atomic E-state index is -1.67. The highest BCUT2D eigenvalue weighted by Gasteiger charge is 2.49. The molecule has 4 rings (SSSR count). The Morgan fingerprint density at radius 3 is 2.46 bits per heavy atom. The van der Waals surface area contributed by atoms with Crippen LogP contribution in [0, 0.1) is 12.7 Å². The molecule has 3 atom stereocenters. The van der Waals surface area contributed by atoms with Crippen LogP contribution in [0.5, 0.6) is 0 Å². The zero-order valence-corrected chi connectivity index (χ0v) is 24.6. The molecule has 0 saturated carbocycles. The summed E-state index contributed by atoms with van der Waals surface area (Å²) >= 11 is 7.53. The summed E-state index contributed by atoms with van der Waals surface area (Å²) in [7, 11) is 0. The molecule has 3 unspecified atom stereocenters. The number of hydrogen-bond donors (Lipinski definition) is 3. The molecule has 0 spiro atoms. The van der Waals surface area contributed by atoms with Crippen molar-refractivity contribution in [3.63, 3.8) is 0 Å². The number of carbonyl (C=O) groups is 3. The van der Waals surface area contributed by atoms with Crippen LogP contribution in [0.15, 0.2) is 72.8 Å². The first-order valence-electron chi connectivity index (χ1n) is 13.2. The van der Waals surface area contributed by atoms with E-state index in [1.807, 2.05) is 75.4 Å². The van der Waals surface area contributed by atoms with Crippen LogP contribution in [0.1, 0.15) is 40.9 Å². The molecule has 3 amide bonds. The van der Waals surface area contributed by atoms with Crippen molar-refractivity contribution in [1.82, 2.24) is 15.5 Å². The number of benzene rings is 3. The summed E-state index contributed by atoms with van der Waals surface area (Å²) in [5.74, 6) is -2.06. The van der Waals surface area contributed by atoms with Gasteiger partial charge in [-0.05, 0) is 62.1 Å². The van der Waals surface area contributed by atoms with E-state index in [0.29, 0.717) is 6.54 Å². The number of nitrogens with zero attached hydrogens (tertiary/aromatic N) is 1. The summed E-state index contributed by atoms with van der Waals surface area (Å²) in [5.41, 5.74) is 2.79. The largest absolute Gasteiger partial charge is 0.381 e. The lowest BCUT2D eigenvalue weighted by Crippen LogP contribution is -2.58. The topological polar surface area (TPSA) is 98.7 Å². The quantitative estimate of drug-likeness (QED) is 0.338. The molecule has 1 aliphatic rings. The maximum absolute atomic E-state index is 13.8. The van der Waals surface area contributed by atoms with Gasteiger partial charge < -0.3 is 20.6 Å². The van der Waals surface area contributed by atoms with Crippen molar-refractivity contribution in [3.05, 3.63) is 106 Å². The van der Waals surface area contributed by atoms with Gasteiger partial charge in [-0.15, -0.1) is 11.8 Å². The van der Waals surface area contributed by atoms with Crippen molar-refractivity contribution >= 4 is 41.1 Å². The molecular formula is C31H33ClFN3O4S. The van der Waals surface area contributed by atoms with Gasteiger partial charge in [0.15, 0.2) is 6.10 Å². The van der Waals surface area contributed by atoms with Crippen LogP contribution < -0.4 is 10.6 Å². The summed E-state index contributed by atoms with van der Waals surface area (Å²) in [6.07, 6.45) is -1.54. The number of amides is 3. The number of carbonyl (C=O) groups excluding carboxylic acids is 3. The van der Waals surface area contributed by atoms with E-state index >= 15 is 0 Å². The predicted molar refractivity (Wildman–Crippen MR) is 159 cm³/mol. The van der Waals surface area contributed by atoms with Gasteiger partial charge >= 0.3 is 0 Å². The van der Waals surface area contributed by atoms with Crippen LogP contribution in [0.2, 0.25) is 5.02 Å². The summed E-state index contributed by atoms with van der Waals surface area (Å²) in [4.78, 5) is 41.7. The Kier molecular flexibility index (Phi) is 9.73. The fraction of sp³-hybridized carbons (Fsp3) is 0.323. The first-order valence-corrected chi connectivity index (χ1v) is 14.6. The molecule has 41 heavy (non-hydrogen) atoms. The second-order valence-electron chi connectivity index (χ2n) is 10.6. The van der Waals surface area contributed by atoms with Gasteiger partial charge in [0.25, 0.3) is 11.8 Å². The first-order chi connectivity index (χ1) is 19.5. The number of thioether (sulfide) groups is 1. The molecule has 1 heterocycles. The molecule has 3 aromatic rings. The standard InChI is InChI=1S/C31H33ClFN3O4S/c1-19-9-7-8-12-21(19)17-34-29(39)27-31(2,3)41-18-36(27)30(40)26(37)25(15-20-10-5-4-6-11-20)35-28(38)23-14-13-22(33)16-24(23)32/h4-14,16,25-27,37H,15,17-18H2,1-3H3,(H,34,39)(H,35,38). The Morgan fingerprint density at radius 2 is 1.78 bits per heavy atom. The molecule has 7 nitrogen and oxygen atoms in total. The Labute approximate surface area is 248 Å². The molecule has 3 aromatic carbocycles. The normalized spacial score (nSPS) is 17.5. The SMILES string of the molecule is Cc1ccccc1CNC(=O)C1N(C(=O)C(O)C(Cc2ccccc2)NC(=O)c2ccc(F)cc2Cl)CSC1(C)C. The fourth-order valence-corrected chi connectivity index (χ4v) is 6.26. The molecule has 1 fully saturated rings. The van der Waals surface area contributed by atoms with E-state index in [4.69, 9.17) is 11.6 Å². The van der Waals surface area contributed by atoms with E-state index in [-0.39, 0.29) is 28.8 Å². The molecule has 0 radical (unpaired) electrons. The second-order valence-corrected chi connectivity index (χ2v) is 12.6. The minimum Gasteiger partial charge on any atom is -0.381 e. The monoisotopic (exact) mass is 597 g/mol. The number of aliphatic hydroxyl groups is 1. The van der Waals surface area contributed by atoms with Crippen molar-refractivity contribution in [3.8, 4) is 0 Å². The van der Waals surface area contributed by atoms with Gasteiger partial charge in [0, 0.05) is 11.3 Å². The van der Waals surface area contributed by atoms with Crippen LogP contribution in [0.25, 0.3) is 0 Å². The second kappa shape index (κ2) is 13.1. The van der Waals surface area contributed by atoms with E-state index in [9.17, 15) is 23.9 Å². The average Bonchev–Trinajstić information content (AvgIpc) is 3.26. The van der Waals surface area contributed by atoms with Crippen LogP contribution >= 0.6 is 23.4 Å². The molecule has 10 heteroatoms. The summed E-state index contributed by atoms with van der Waals surface area (Å²) in [6.45, 7) is 6.03. The van der Waals surface area contributed by atoms with E-state index in [0.717, 1.165) is 28.8 Å². The maximum atomic E-state index is 13.8. The van der Waals surface area contributed by atoms with Gasteiger partial charge in [0.1, 0.15) is 11.9 Å². The third-order valence-corrected chi connectivity index (χ3v) is 8.90. The Balaban J connectivity index is 1.55. The molecule has 0 bridgehead atoms. The zero-order valence-electron chi connectivity index (χ0n) is 23.1. The van der Waals surface area contributed by atoms with E-state index < -0.39 is 40.6 Å². The lowest BCUT2D eigenvalue weighted by atomic mass is 9.96. The highest BCUT2D eigenvalue weighted by atomic mass is 35.5. The van der Waals surface area contributed by atoms with Crippen LogP contribution in [-0.2, 0) is 22.6 Å². The van der Waals surface area contributed by atoms with E-state index in [2.05, 4.69) is 10.6 Å². The third-order valence-electron chi connectivity index (χ3n) is 7.22. The number of halogens is 2. The number of aryl methyl sites for hydroxylation is 1. The van der Waals surface area contributed by atoms with E-state index in [1.54, 1.807) is 0 Å². The van der Waals surface area contributed by atoms with Crippen LogP contribution in [-0.4, -0.2) is 56.5 Å². The number of nitrogens with one attached hydrogen (secondary N) is 2. The molecule has 3 N–H and O–H groups in total. The predicted octanol–water partition coefficient (Wildman–Crippen LogP) is 4.49. The van der Waals surface area contributed by atoms with Crippen LogP contribution in [0.4, 0.5) is 4.39 Å². The molecule has 1 saturated heterocycles. The fourth-order valence-electron chi connectivity index (χ4n) is 4.87. The smallest absolute Gasteiger partial charge is 0.254 e. The molecular weight excluding hydrogens is 565 g/mol. The Morgan fingerprint density at radius 1 is 1.10 bits per heavy atom. The summed E-state index contributed by atoms with van der Waals surface area (Å²) < 4.78 is 12.9. The van der Waals surface area contributed by atoms with Gasteiger partial charge in [0.2, 0.25) is 5.91 Å². The Hall–Kier alpha value is -3.40. The van der Waals surface area contributed by atoms with Crippen molar-refractivity contribution < 1.29 is 23.9 Å². The van der Waals surface area contributed by atoms with Gasteiger partial charge in [-0.25, -0.2) is 4.39 Å². The number of rotatable bonds is 9. The summed E-state index contributed by atoms with van der Waals surface area (Å²) in [6, 6.07) is 18.3. The molecule has 1 aliphatic heterocycles. The van der Waals surface area contributed by atoms with Crippen molar-refractivity contribution in [2.45, 2.75) is 56.7 Å². The van der Waals surface area contributed by atoms with Gasteiger partial charge in [-0.3, -0.25) is 14.4 Å². The van der Waals surface area contributed by atoms with E-state index in [1.165, 1.54) is 22.7 Å². The lowest BCUT2D eigenvalue weighted by molar-refractivity contribution is -0.147. The van der Waals surface area contributed by atoms with Crippen LogP contribution in [0.3, 0.4) is 0 Å². The number of aliphatic hydroxyl groups excluding tert-OH is 1. The van der Waals surface area contributed by atoms with Gasteiger partial charge in [-0.1, -0.05) is 66.2 Å². The zero-order chi connectivity index (χ0) is 29.7. The highest BCUT2D eigenvalue weighted by molar-refractivity contribution is 8.00.